The Morgan fingerprint density at radius 2 is 0.691 bits per heavy atom. The minimum Gasteiger partial charge on any atom is -0.308 e. The van der Waals surface area contributed by atoms with Crippen molar-refractivity contribution in [2.24, 2.45) is 0 Å². The molecule has 0 spiro atoms. The summed E-state index contributed by atoms with van der Waals surface area (Å²) in [4.78, 5) is 15.8. The maximum Gasteiger partial charge on any atom is 0.238 e. The molecule has 13 rings (SSSR count). The van der Waals surface area contributed by atoms with Crippen molar-refractivity contribution in [3.63, 3.8) is 0 Å². The summed E-state index contributed by atoms with van der Waals surface area (Å²) in [5.41, 5.74) is 16.5. The van der Waals surface area contributed by atoms with E-state index in [0.717, 1.165) is 77.5 Å². The molecule has 318 valence electrons. The second-order valence-electron chi connectivity index (χ2n) is 17.2. The molecule has 0 amide bonds. The third-order valence-electron chi connectivity index (χ3n) is 13.2. The smallest absolute Gasteiger partial charge is 0.238 e. The number of rotatable bonds is 8. The van der Waals surface area contributed by atoms with E-state index in [1.165, 1.54) is 27.5 Å². The molecule has 5 heteroatoms. The molecule has 0 saturated carbocycles. The van der Waals surface area contributed by atoms with Crippen molar-refractivity contribution in [2.75, 3.05) is 0 Å². The Kier molecular flexibility index (Phi) is 9.43. The normalized spacial score (nSPS) is 11.5. The number of benzene rings is 10. The van der Waals surface area contributed by atoms with Gasteiger partial charge in [-0.1, -0.05) is 218 Å². The van der Waals surface area contributed by atoms with Gasteiger partial charge in [-0.3, -0.25) is 4.57 Å². The van der Waals surface area contributed by atoms with E-state index < -0.39 is 0 Å². The van der Waals surface area contributed by atoms with Gasteiger partial charge in [0.05, 0.1) is 27.8 Å². The van der Waals surface area contributed by atoms with E-state index in [-0.39, 0.29) is 0 Å². The Balaban J connectivity index is 1.07. The van der Waals surface area contributed by atoms with Crippen molar-refractivity contribution in [1.82, 2.24) is 24.1 Å². The van der Waals surface area contributed by atoms with Gasteiger partial charge >= 0.3 is 0 Å². The first-order valence-electron chi connectivity index (χ1n) is 23.0. The highest BCUT2D eigenvalue weighted by molar-refractivity contribution is 6.26. The van der Waals surface area contributed by atoms with E-state index in [1.54, 1.807) is 0 Å². The lowest BCUT2D eigenvalue weighted by molar-refractivity contribution is 0.953. The quantitative estimate of drug-likeness (QED) is 0.153. The first-order valence-corrected chi connectivity index (χ1v) is 23.0. The Morgan fingerprint density at radius 1 is 0.265 bits per heavy atom. The largest absolute Gasteiger partial charge is 0.308 e. The fraction of sp³-hybridized carbons (Fsp3) is 0. The van der Waals surface area contributed by atoms with Gasteiger partial charge in [0.25, 0.3) is 0 Å². The molecule has 5 nitrogen and oxygen atoms in total. The molecule has 0 bridgehead atoms. The van der Waals surface area contributed by atoms with Crippen LogP contribution in [0.25, 0.3) is 123 Å². The molecule has 0 aliphatic carbocycles. The zero-order valence-electron chi connectivity index (χ0n) is 36.9. The lowest BCUT2D eigenvalue weighted by Gasteiger charge is -2.17. The van der Waals surface area contributed by atoms with Crippen molar-refractivity contribution in [2.45, 2.75) is 0 Å². The number of aromatic nitrogens is 5. The average molecular weight is 868 g/mol. The van der Waals surface area contributed by atoms with Gasteiger partial charge in [-0.25, -0.2) is 4.98 Å². The summed E-state index contributed by atoms with van der Waals surface area (Å²) < 4.78 is 4.71. The first-order chi connectivity index (χ1) is 33.7. The SMILES string of the molecule is c1ccc(-c2ccc(-c3nc(-c4ccccc4)nc(-n4c5ccccc5c5c4ccc4c6ccccc6n(-c6ccc(-c7ccccc7)cc6-c6ccc(-c7ccccc7)cc6)c45)n3)cc2)cc1. The molecule has 0 N–H and O–H groups in total. The second kappa shape index (κ2) is 16.4. The Labute approximate surface area is 393 Å². The molecular weight excluding hydrogens is 827 g/mol. The van der Waals surface area contributed by atoms with E-state index >= 15 is 0 Å². The molecule has 0 unspecified atom stereocenters. The fourth-order valence-electron chi connectivity index (χ4n) is 9.97. The molecule has 0 radical (unpaired) electrons. The lowest BCUT2D eigenvalue weighted by Crippen LogP contribution is -2.06. The van der Waals surface area contributed by atoms with Crippen LogP contribution in [0.2, 0.25) is 0 Å². The Morgan fingerprint density at radius 3 is 1.28 bits per heavy atom. The summed E-state index contributed by atoms with van der Waals surface area (Å²) in [6, 6.07) is 88.3. The van der Waals surface area contributed by atoms with E-state index in [0.29, 0.717) is 17.6 Å². The summed E-state index contributed by atoms with van der Waals surface area (Å²) in [5.74, 6) is 1.77. The summed E-state index contributed by atoms with van der Waals surface area (Å²) >= 11 is 0. The van der Waals surface area contributed by atoms with E-state index in [4.69, 9.17) is 15.0 Å². The topological polar surface area (TPSA) is 48.5 Å². The highest BCUT2D eigenvalue weighted by Gasteiger charge is 2.24. The molecule has 0 aliphatic rings. The number of para-hydroxylation sites is 2. The van der Waals surface area contributed by atoms with Crippen molar-refractivity contribution in [3.8, 4) is 78.9 Å². The van der Waals surface area contributed by atoms with Crippen LogP contribution in [0, 0.1) is 0 Å². The monoisotopic (exact) mass is 867 g/mol. The highest BCUT2D eigenvalue weighted by atomic mass is 15.2. The molecule has 0 aliphatic heterocycles. The Bertz CT molecular complexity index is 3970. The fourth-order valence-corrected chi connectivity index (χ4v) is 9.97. The molecular formula is C63H41N5. The van der Waals surface area contributed by atoms with Crippen LogP contribution < -0.4 is 0 Å². The average Bonchev–Trinajstić information content (AvgIpc) is 3.95. The predicted octanol–water partition coefficient (Wildman–Crippen LogP) is 16.1. The second-order valence-corrected chi connectivity index (χ2v) is 17.2. The van der Waals surface area contributed by atoms with Gasteiger partial charge in [0.1, 0.15) is 0 Å². The molecule has 0 saturated heterocycles. The number of hydrogen-bond donors (Lipinski definition) is 0. The lowest BCUT2D eigenvalue weighted by atomic mass is 9.95. The molecule has 0 atom stereocenters. The van der Waals surface area contributed by atoms with E-state index in [2.05, 4.69) is 234 Å². The van der Waals surface area contributed by atoms with Gasteiger partial charge in [-0.2, -0.15) is 9.97 Å². The van der Waals surface area contributed by atoms with Crippen molar-refractivity contribution in [3.05, 3.63) is 249 Å². The highest BCUT2D eigenvalue weighted by Crippen LogP contribution is 2.44. The van der Waals surface area contributed by atoms with Crippen LogP contribution in [-0.2, 0) is 0 Å². The van der Waals surface area contributed by atoms with Crippen LogP contribution in [0.15, 0.2) is 249 Å². The minimum absolute atomic E-state index is 0.556. The molecule has 3 heterocycles. The van der Waals surface area contributed by atoms with E-state index in [9.17, 15) is 0 Å². The van der Waals surface area contributed by atoms with E-state index in [1.807, 2.05) is 24.3 Å². The first kappa shape index (κ1) is 39.2. The summed E-state index contributed by atoms with van der Waals surface area (Å²) in [6.45, 7) is 0. The summed E-state index contributed by atoms with van der Waals surface area (Å²) in [6.07, 6.45) is 0. The molecule has 13 aromatic rings. The van der Waals surface area contributed by atoms with Gasteiger partial charge in [0, 0.05) is 38.2 Å². The standard InChI is InChI=1S/C63H41N5/c1-5-17-42(18-6-1)45-29-33-47(34-30-45)54-41-50(44-21-9-3-10-22-44)37-39-57(54)67-55-27-15-13-25-51(55)52-38-40-58-59(60(52)67)53-26-14-16-28-56(53)68(58)63-65-61(48-23-11-4-12-24-48)64-62(66-63)49-35-31-46(32-36-49)43-19-7-2-8-20-43/h1-41H. The minimum atomic E-state index is 0.556. The van der Waals surface area contributed by atoms with Gasteiger partial charge in [-0.05, 0) is 69.3 Å². The zero-order chi connectivity index (χ0) is 45.0. The van der Waals surface area contributed by atoms with Crippen molar-refractivity contribution in [1.29, 1.82) is 0 Å². The maximum atomic E-state index is 5.33. The Hall–Kier alpha value is -9.19. The van der Waals surface area contributed by atoms with Crippen LogP contribution >= 0.6 is 0 Å². The van der Waals surface area contributed by atoms with Crippen LogP contribution in [0.3, 0.4) is 0 Å². The van der Waals surface area contributed by atoms with Gasteiger partial charge in [-0.15, -0.1) is 0 Å². The third kappa shape index (κ3) is 6.68. The van der Waals surface area contributed by atoms with Gasteiger partial charge in [0.2, 0.25) is 5.95 Å². The zero-order valence-corrected chi connectivity index (χ0v) is 36.9. The maximum absolute atomic E-state index is 5.33. The predicted molar refractivity (Wildman–Crippen MR) is 281 cm³/mol. The van der Waals surface area contributed by atoms with Crippen LogP contribution in [0.5, 0.6) is 0 Å². The summed E-state index contributed by atoms with van der Waals surface area (Å²) in [7, 11) is 0. The molecule has 0 fully saturated rings. The van der Waals surface area contributed by atoms with Crippen molar-refractivity contribution < 1.29 is 0 Å². The van der Waals surface area contributed by atoms with Gasteiger partial charge in [0.15, 0.2) is 11.6 Å². The van der Waals surface area contributed by atoms with Crippen LogP contribution in [0.4, 0.5) is 0 Å². The number of fused-ring (bicyclic) bond motifs is 7. The van der Waals surface area contributed by atoms with Crippen LogP contribution in [0.1, 0.15) is 0 Å². The molecule has 3 aromatic heterocycles. The third-order valence-corrected chi connectivity index (χ3v) is 13.2. The number of hydrogen-bond acceptors (Lipinski definition) is 3. The molecule has 10 aromatic carbocycles. The van der Waals surface area contributed by atoms with Crippen molar-refractivity contribution >= 4 is 43.6 Å². The summed E-state index contributed by atoms with van der Waals surface area (Å²) in [5, 5.41) is 4.60. The molecule has 68 heavy (non-hydrogen) atoms. The van der Waals surface area contributed by atoms with Crippen LogP contribution in [-0.4, -0.2) is 24.1 Å². The number of nitrogens with zero attached hydrogens (tertiary/aromatic N) is 5. The van der Waals surface area contributed by atoms with Gasteiger partial charge < -0.3 is 4.57 Å².